The summed E-state index contributed by atoms with van der Waals surface area (Å²) in [6, 6.07) is 5.82. The van der Waals surface area contributed by atoms with E-state index in [0.717, 1.165) is 17.4 Å². The Morgan fingerprint density at radius 3 is 2.48 bits per heavy atom. The minimum atomic E-state index is -3.69. The van der Waals surface area contributed by atoms with Gasteiger partial charge in [0.15, 0.2) is 0 Å². The van der Waals surface area contributed by atoms with Crippen LogP contribution in [0.3, 0.4) is 0 Å². The second kappa shape index (κ2) is 7.65. The number of carbonyl (C=O) groups is 3. The summed E-state index contributed by atoms with van der Waals surface area (Å²) in [5.41, 5.74) is 0.323. The summed E-state index contributed by atoms with van der Waals surface area (Å²) in [6.45, 7) is 2.69. The molecule has 0 aromatic heterocycles. The highest BCUT2D eigenvalue weighted by Crippen LogP contribution is 2.25. The number of carbonyl (C=O) groups excluding carboxylic acids is 3. The van der Waals surface area contributed by atoms with Crippen LogP contribution in [0.15, 0.2) is 24.3 Å². The highest BCUT2D eigenvalue weighted by Gasteiger charge is 2.36. The zero-order chi connectivity index (χ0) is 19.6. The van der Waals surface area contributed by atoms with Gasteiger partial charge in [0, 0.05) is 38.2 Å². The first-order valence-corrected chi connectivity index (χ1v) is 10.3. The lowest BCUT2D eigenvalue weighted by atomic mass is 10.2. The predicted molar refractivity (Wildman–Crippen MR) is 98.7 cm³/mol. The summed E-state index contributed by atoms with van der Waals surface area (Å²) in [4.78, 5) is 40.3. The number of nitrogens with one attached hydrogen (secondary N) is 1. The van der Waals surface area contributed by atoms with E-state index in [1.54, 1.807) is 4.90 Å². The van der Waals surface area contributed by atoms with Crippen LogP contribution in [0.25, 0.3) is 0 Å². The molecule has 3 amide bonds. The normalized spacial score (nSPS) is 20.0. The Bertz CT molecular complexity index is 862. The molecule has 1 N–H and O–H groups in total. The quantitative estimate of drug-likeness (QED) is 0.721. The van der Waals surface area contributed by atoms with Gasteiger partial charge in [-0.2, -0.15) is 0 Å². The summed E-state index contributed by atoms with van der Waals surface area (Å²) in [5, 5.41) is 2.56. The van der Waals surface area contributed by atoms with Gasteiger partial charge in [-0.15, -0.1) is 0 Å². The van der Waals surface area contributed by atoms with Crippen molar-refractivity contribution in [3.63, 3.8) is 0 Å². The summed E-state index contributed by atoms with van der Waals surface area (Å²) in [6.07, 6.45) is -0.0711. The number of hydrogen-bond donors (Lipinski definition) is 1. The van der Waals surface area contributed by atoms with Crippen molar-refractivity contribution >= 4 is 33.4 Å². The minimum Gasteiger partial charge on any atom is -0.343 e. The minimum absolute atomic E-state index is 0.0711. The third kappa shape index (κ3) is 4.28. The fourth-order valence-corrected chi connectivity index (χ4v) is 4.52. The van der Waals surface area contributed by atoms with Gasteiger partial charge in [-0.25, -0.2) is 12.7 Å². The van der Waals surface area contributed by atoms with E-state index in [1.165, 1.54) is 24.3 Å². The molecule has 0 unspecified atom stereocenters. The number of benzene rings is 1. The Hall–Kier alpha value is -2.46. The maximum absolute atomic E-state index is 12.4. The molecule has 0 radical (unpaired) electrons. The lowest BCUT2D eigenvalue weighted by molar-refractivity contribution is -0.131. The molecule has 2 aliphatic heterocycles. The number of anilines is 1. The summed E-state index contributed by atoms with van der Waals surface area (Å²) in [7, 11) is -1.70. The van der Waals surface area contributed by atoms with E-state index in [4.69, 9.17) is 0 Å². The summed E-state index contributed by atoms with van der Waals surface area (Å²) in [5.74, 6) is -1.41. The SMILES string of the molecule is CN1CCN(C(=O)CNC(=O)c2cccc(N3C(=O)CCS3(=O)=O)c2)CC1. The number of sulfonamides is 1. The molecule has 0 aliphatic carbocycles. The molecule has 27 heavy (non-hydrogen) atoms. The second-order valence-corrected chi connectivity index (χ2v) is 8.58. The van der Waals surface area contributed by atoms with Gasteiger partial charge in [-0.1, -0.05) is 6.07 Å². The van der Waals surface area contributed by atoms with Crippen LogP contribution in [0.2, 0.25) is 0 Å². The van der Waals surface area contributed by atoms with Gasteiger partial charge < -0.3 is 15.1 Å². The molecule has 1 aromatic rings. The molecule has 2 heterocycles. The van der Waals surface area contributed by atoms with E-state index in [9.17, 15) is 22.8 Å². The van der Waals surface area contributed by atoms with Crippen molar-refractivity contribution in [1.29, 1.82) is 0 Å². The van der Waals surface area contributed by atoms with Gasteiger partial charge in [0.1, 0.15) is 0 Å². The Morgan fingerprint density at radius 1 is 1.15 bits per heavy atom. The van der Waals surface area contributed by atoms with Crippen molar-refractivity contribution in [3.05, 3.63) is 29.8 Å². The van der Waals surface area contributed by atoms with Crippen LogP contribution in [-0.4, -0.2) is 81.5 Å². The van der Waals surface area contributed by atoms with Gasteiger partial charge in [0.2, 0.25) is 21.8 Å². The van der Waals surface area contributed by atoms with Crippen LogP contribution in [0.1, 0.15) is 16.8 Å². The topological polar surface area (TPSA) is 107 Å². The maximum atomic E-state index is 12.4. The van der Waals surface area contributed by atoms with Crippen molar-refractivity contribution < 1.29 is 22.8 Å². The molecule has 0 atom stereocenters. The number of amides is 3. The Morgan fingerprint density at radius 2 is 1.85 bits per heavy atom. The standard InChI is InChI=1S/C17H22N4O5S/c1-19-6-8-20(9-7-19)16(23)12-18-17(24)13-3-2-4-14(11-13)21-15(22)5-10-27(21,25)26/h2-4,11H,5-10,12H2,1H3,(H,18,24). The molecule has 3 rings (SSSR count). The monoisotopic (exact) mass is 394 g/mol. The van der Waals surface area contributed by atoms with Crippen molar-refractivity contribution in [2.24, 2.45) is 0 Å². The molecule has 2 fully saturated rings. The van der Waals surface area contributed by atoms with Crippen molar-refractivity contribution in [2.75, 3.05) is 49.8 Å². The van der Waals surface area contributed by atoms with Gasteiger partial charge >= 0.3 is 0 Å². The number of nitrogens with zero attached hydrogens (tertiary/aromatic N) is 3. The highest BCUT2D eigenvalue weighted by molar-refractivity contribution is 7.94. The van der Waals surface area contributed by atoms with Crippen molar-refractivity contribution in [2.45, 2.75) is 6.42 Å². The lowest BCUT2D eigenvalue weighted by Gasteiger charge is -2.32. The van der Waals surface area contributed by atoms with Crippen molar-refractivity contribution in [1.82, 2.24) is 15.1 Å². The highest BCUT2D eigenvalue weighted by atomic mass is 32.2. The first-order chi connectivity index (χ1) is 12.8. The molecule has 9 nitrogen and oxygen atoms in total. The van der Waals surface area contributed by atoms with Crippen LogP contribution < -0.4 is 9.62 Å². The zero-order valence-electron chi connectivity index (χ0n) is 15.1. The van der Waals surface area contributed by atoms with Crippen molar-refractivity contribution in [3.8, 4) is 0 Å². The molecule has 0 spiro atoms. The van der Waals surface area contributed by atoms with Crippen LogP contribution in [0.5, 0.6) is 0 Å². The van der Waals surface area contributed by atoms with E-state index < -0.39 is 21.8 Å². The Kier molecular flexibility index (Phi) is 5.47. The molecule has 0 saturated carbocycles. The first kappa shape index (κ1) is 19.3. The van der Waals surface area contributed by atoms with Crippen LogP contribution >= 0.6 is 0 Å². The van der Waals surface area contributed by atoms with E-state index in [-0.39, 0.29) is 35.9 Å². The molecular formula is C17H22N4O5S. The molecule has 10 heteroatoms. The average molecular weight is 394 g/mol. The summed E-state index contributed by atoms with van der Waals surface area (Å²) >= 11 is 0. The maximum Gasteiger partial charge on any atom is 0.251 e. The van der Waals surface area contributed by atoms with E-state index in [0.29, 0.717) is 13.1 Å². The predicted octanol–water partition coefficient (Wildman–Crippen LogP) is -0.743. The number of hydrogen-bond acceptors (Lipinski definition) is 6. The largest absolute Gasteiger partial charge is 0.343 e. The average Bonchev–Trinajstić information content (AvgIpc) is 2.92. The number of likely N-dealkylation sites (N-methyl/N-ethyl adjacent to an activating group) is 1. The Balaban J connectivity index is 1.64. The van der Waals surface area contributed by atoms with Gasteiger partial charge in [-0.3, -0.25) is 14.4 Å². The number of rotatable bonds is 4. The molecule has 146 valence electrons. The fraction of sp³-hybridized carbons (Fsp3) is 0.471. The van der Waals surface area contributed by atoms with Crippen LogP contribution in [-0.2, 0) is 19.6 Å². The molecule has 0 bridgehead atoms. The fourth-order valence-electron chi connectivity index (χ4n) is 3.07. The smallest absolute Gasteiger partial charge is 0.251 e. The van der Waals surface area contributed by atoms with Gasteiger partial charge in [-0.05, 0) is 25.2 Å². The molecular weight excluding hydrogens is 372 g/mol. The lowest BCUT2D eigenvalue weighted by Crippen LogP contribution is -2.50. The van der Waals surface area contributed by atoms with Crippen LogP contribution in [0, 0.1) is 0 Å². The van der Waals surface area contributed by atoms with Crippen LogP contribution in [0.4, 0.5) is 5.69 Å². The first-order valence-electron chi connectivity index (χ1n) is 8.68. The third-order valence-corrected chi connectivity index (χ3v) is 6.37. The third-order valence-electron chi connectivity index (χ3n) is 4.68. The molecule has 2 aliphatic rings. The zero-order valence-corrected chi connectivity index (χ0v) is 15.9. The Labute approximate surface area is 158 Å². The van der Waals surface area contributed by atoms with Gasteiger partial charge in [0.25, 0.3) is 5.91 Å². The van der Waals surface area contributed by atoms with E-state index >= 15 is 0 Å². The van der Waals surface area contributed by atoms with E-state index in [2.05, 4.69) is 10.2 Å². The summed E-state index contributed by atoms with van der Waals surface area (Å²) < 4.78 is 24.8. The number of piperazine rings is 1. The van der Waals surface area contributed by atoms with E-state index in [1.807, 2.05) is 7.05 Å². The second-order valence-electron chi connectivity index (χ2n) is 6.64. The molecule has 2 saturated heterocycles. The molecule has 1 aromatic carbocycles. The van der Waals surface area contributed by atoms with Gasteiger partial charge in [0.05, 0.1) is 18.0 Å².